The first kappa shape index (κ1) is 19.7. The standard InChI is InChI=1S/C25H28N3O4/c1-31-22-5-3-2-4-21(22)24-27(25-13-16-10-17(14-25)12-18(11-16)15-25)23(26-32-24)19-6-8-20(9-7-19)28(29)30/h2-9,16-18,24,26H,10-15H2,1H3/q-1. The van der Waals surface area contributed by atoms with Crippen molar-refractivity contribution >= 4 is 5.71 Å². The number of ether oxygens (including phenoxy) is 1. The minimum absolute atomic E-state index is 0.0286. The molecule has 1 aromatic rings. The van der Waals surface area contributed by atoms with Crippen molar-refractivity contribution in [3.8, 4) is 5.75 Å². The Morgan fingerprint density at radius 1 is 1.00 bits per heavy atom. The van der Waals surface area contributed by atoms with Crippen molar-refractivity contribution in [3.05, 3.63) is 75.9 Å². The SMILES string of the molecule is COc1ccccc1C1ONC(=C2C=CC(=[N+]([O-])[O-])C=C2)N1C12CC3CC(CC(C3)C1)C2. The van der Waals surface area contributed by atoms with Gasteiger partial charge in [-0.05, 0) is 74.5 Å². The third-order valence-electron chi connectivity index (χ3n) is 8.02. The van der Waals surface area contributed by atoms with Gasteiger partial charge in [0.05, 0.1) is 7.11 Å². The highest BCUT2D eigenvalue weighted by atomic mass is 16.8. The summed E-state index contributed by atoms with van der Waals surface area (Å²) in [5, 5.41) is 22.3. The number of rotatable bonds is 3. The molecule has 5 fully saturated rings. The van der Waals surface area contributed by atoms with Gasteiger partial charge in [0.2, 0.25) is 5.71 Å². The maximum absolute atomic E-state index is 11.2. The van der Waals surface area contributed by atoms with Gasteiger partial charge in [0.1, 0.15) is 11.6 Å². The number of benzene rings is 1. The van der Waals surface area contributed by atoms with Gasteiger partial charge in [0.15, 0.2) is 6.23 Å². The Balaban J connectivity index is 1.47. The van der Waals surface area contributed by atoms with Crippen LogP contribution in [-0.2, 0) is 4.84 Å². The van der Waals surface area contributed by atoms with Crippen molar-refractivity contribution in [3.63, 3.8) is 0 Å². The summed E-state index contributed by atoms with van der Waals surface area (Å²) in [7, 11) is 1.69. The van der Waals surface area contributed by atoms with Gasteiger partial charge >= 0.3 is 0 Å². The Labute approximate surface area is 187 Å². The van der Waals surface area contributed by atoms with Crippen LogP contribution >= 0.6 is 0 Å². The number of nitrogens with zero attached hydrogens (tertiary/aromatic N) is 2. The maximum Gasteiger partial charge on any atom is 0.222 e. The minimum atomic E-state index is -0.360. The van der Waals surface area contributed by atoms with Crippen LogP contribution in [0, 0.1) is 28.2 Å². The molecule has 0 amide bonds. The van der Waals surface area contributed by atoms with E-state index in [0.717, 1.165) is 40.5 Å². The summed E-state index contributed by atoms with van der Waals surface area (Å²) in [6, 6.07) is 8.03. The van der Waals surface area contributed by atoms with E-state index < -0.39 is 0 Å². The second-order valence-corrected chi connectivity index (χ2v) is 9.98. The lowest BCUT2D eigenvalue weighted by molar-refractivity contribution is -0.377. The van der Waals surface area contributed by atoms with Crippen LogP contribution in [0.15, 0.2) is 60.0 Å². The molecule has 6 aliphatic rings. The van der Waals surface area contributed by atoms with E-state index in [1.54, 1.807) is 19.3 Å². The summed E-state index contributed by atoms with van der Waals surface area (Å²) in [5.41, 5.74) is 5.24. The van der Waals surface area contributed by atoms with Gasteiger partial charge in [-0.2, -0.15) is 4.90 Å². The molecule has 5 aliphatic carbocycles. The molecule has 4 bridgehead atoms. The highest BCUT2D eigenvalue weighted by Crippen LogP contribution is 2.60. The lowest BCUT2D eigenvalue weighted by Gasteiger charge is -2.60. The summed E-state index contributed by atoms with van der Waals surface area (Å²) in [6.07, 6.45) is 14.0. The van der Waals surface area contributed by atoms with E-state index in [-0.39, 0.29) is 22.4 Å². The van der Waals surface area contributed by atoms with Crippen LogP contribution in [0.3, 0.4) is 0 Å². The second kappa shape index (κ2) is 7.30. The first-order valence-corrected chi connectivity index (χ1v) is 11.5. The molecular formula is C25H28N3O4-. The third-order valence-corrected chi connectivity index (χ3v) is 8.02. The normalized spacial score (nSPS) is 34.9. The van der Waals surface area contributed by atoms with Gasteiger partial charge in [0.25, 0.3) is 0 Å². The van der Waals surface area contributed by atoms with Gasteiger partial charge in [-0.3, -0.25) is 0 Å². The Bertz CT molecular complexity index is 1000. The molecule has 0 spiro atoms. The van der Waals surface area contributed by atoms with Crippen LogP contribution in [0.25, 0.3) is 0 Å². The quantitative estimate of drug-likeness (QED) is 0.565. The van der Waals surface area contributed by atoms with E-state index in [2.05, 4.69) is 16.4 Å². The van der Waals surface area contributed by atoms with Crippen molar-refractivity contribution in [1.29, 1.82) is 0 Å². The maximum atomic E-state index is 11.2. The number of methoxy groups -OCH3 is 1. The fourth-order valence-corrected chi connectivity index (χ4v) is 7.19. The molecule has 7 nitrogen and oxygen atoms in total. The smallest absolute Gasteiger partial charge is 0.222 e. The van der Waals surface area contributed by atoms with Gasteiger partial charge in [0, 0.05) is 28.8 Å². The Morgan fingerprint density at radius 3 is 2.22 bits per heavy atom. The number of hydroxylamine groups is 1. The molecule has 0 radical (unpaired) electrons. The van der Waals surface area contributed by atoms with E-state index in [1.165, 1.54) is 38.5 Å². The number of allylic oxidation sites excluding steroid dienone is 5. The average molecular weight is 435 g/mol. The zero-order chi connectivity index (χ0) is 21.9. The van der Waals surface area contributed by atoms with Crippen molar-refractivity contribution in [2.45, 2.75) is 50.3 Å². The van der Waals surface area contributed by atoms with E-state index in [1.807, 2.05) is 30.4 Å². The molecule has 7 heteroatoms. The van der Waals surface area contributed by atoms with Crippen LogP contribution in [0.5, 0.6) is 5.75 Å². The van der Waals surface area contributed by atoms with Crippen LogP contribution in [0.4, 0.5) is 0 Å². The average Bonchev–Trinajstić information content (AvgIpc) is 3.24. The van der Waals surface area contributed by atoms with Crippen molar-refractivity contribution in [1.82, 2.24) is 10.4 Å². The number of hydrogen-bond acceptors (Lipinski definition) is 6. The third kappa shape index (κ3) is 3.02. The summed E-state index contributed by atoms with van der Waals surface area (Å²) < 4.78 is 5.69. The Kier molecular flexibility index (Phi) is 4.50. The monoisotopic (exact) mass is 434 g/mol. The molecule has 0 aromatic heterocycles. The minimum Gasteiger partial charge on any atom is -0.612 e. The van der Waals surface area contributed by atoms with Gasteiger partial charge in [-0.1, -0.05) is 18.2 Å². The highest BCUT2D eigenvalue weighted by molar-refractivity contribution is 6.02. The zero-order valence-corrected chi connectivity index (χ0v) is 18.2. The lowest BCUT2D eigenvalue weighted by Crippen LogP contribution is -2.59. The fourth-order valence-electron chi connectivity index (χ4n) is 7.19. The molecule has 32 heavy (non-hydrogen) atoms. The van der Waals surface area contributed by atoms with Crippen molar-refractivity contribution < 1.29 is 14.5 Å². The molecule has 1 saturated heterocycles. The first-order valence-electron chi connectivity index (χ1n) is 11.5. The van der Waals surface area contributed by atoms with Gasteiger partial charge in [-0.25, -0.2) is 10.3 Å². The van der Waals surface area contributed by atoms with Crippen molar-refractivity contribution in [2.75, 3.05) is 7.11 Å². The fraction of sp³-hybridized carbons (Fsp3) is 0.480. The molecule has 1 aliphatic heterocycles. The molecule has 1 aromatic carbocycles. The van der Waals surface area contributed by atoms with E-state index >= 15 is 0 Å². The lowest BCUT2D eigenvalue weighted by atomic mass is 9.52. The summed E-state index contributed by atoms with van der Waals surface area (Å²) >= 11 is 0. The van der Waals surface area contributed by atoms with Gasteiger partial charge < -0.3 is 20.1 Å². The summed E-state index contributed by atoms with van der Waals surface area (Å²) in [4.78, 5) is 8.35. The number of hydrogen-bond donors (Lipinski definition) is 1. The van der Waals surface area contributed by atoms with Crippen molar-refractivity contribution in [2.24, 2.45) is 17.8 Å². The molecular weight excluding hydrogens is 406 g/mol. The van der Waals surface area contributed by atoms with Gasteiger partial charge in [-0.15, -0.1) is 0 Å². The first-order chi connectivity index (χ1) is 15.6. The molecule has 1 heterocycles. The zero-order valence-electron chi connectivity index (χ0n) is 18.2. The van der Waals surface area contributed by atoms with E-state index in [9.17, 15) is 10.4 Å². The molecule has 1 atom stereocenters. The number of para-hydroxylation sites is 1. The second-order valence-electron chi connectivity index (χ2n) is 9.98. The van der Waals surface area contributed by atoms with Crippen LogP contribution in [0.1, 0.15) is 50.3 Å². The van der Waals surface area contributed by atoms with Crippen LogP contribution in [0.2, 0.25) is 0 Å². The largest absolute Gasteiger partial charge is 0.612 e. The van der Waals surface area contributed by atoms with E-state index in [0.29, 0.717) is 0 Å². The Hall–Kier alpha value is -2.93. The predicted molar refractivity (Wildman–Crippen MR) is 120 cm³/mol. The topological polar surface area (TPSA) is 82.9 Å². The molecule has 1 N–H and O–H groups in total. The summed E-state index contributed by atoms with van der Waals surface area (Å²) in [5.74, 6) is 4.03. The molecule has 1 unspecified atom stereocenters. The summed E-state index contributed by atoms with van der Waals surface area (Å²) in [6.45, 7) is 0. The molecule has 7 rings (SSSR count). The Morgan fingerprint density at radius 2 is 1.62 bits per heavy atom. The molecule has 4 saturated carbocycles. The van der Waals surface area contributed by atoms with Crippen LogP contribution in [-0.4, -0.2) is 28.2 Å². The van der Waals surface area contributed by atoms with Crippen LogP contribution < -0.4 is 10.2 Å². The highest BCUT2D eigenvalue weighted by Gasteiger charge is 2.57. The van der Waals surface area contributed by atoms with E-state index in [4.69, 9.17) is 9.57 Å². The molecule has 168 valence electrons. The predicted octanol–water partition coefficient (Wildman–Crippen LogP) is 4.29. The number of nitrogens with one attached hydrogen (secondary N) is 1.